The number of rotatable bonds is 4. The lowest BCUT2D eigenvalue weighted by Gasteiger charge is -2.13. The molecule has 0 aromatic carbocycles. The number of halogens is 2. The highest BCUT2D eigenvalue weighted by Gasteiger charge is 2.28. The Labute approximate surface area is 91.3 Å². The van der Waals surface area contributed by atoms with Crippen molar-refractivity contribution in [1.82, 2.24) is 5.32 Å². The molecule has 1 aromatic heterocycles. The molecule has 0 radical (unpaired) electrons. The predicted molar refractivity (Wildman–Crippen MR) is 52.5 cm³/mol. The van der Waals surface area contributed by atoms with Crippen LogP contribution in [0.4, 0.5) is 8.78 Å². The maximum Gasteiger partial charge on any atom is 0.287 e. The minimum atomic E-state index is -3.30. The summed E-state index contributed by atoms with van der Waals surface area (Å²) in [6.45, 7) is 1.04. The second-order valence-corrected chi connectivity index (χ2v) is 3.52. The molecule has 4 nitrogen and oxygen atoms in total. The lowest BCUT2D eigenvalue weighted by molar-refractivity contribution is -0.0462. The van der Waals surface area contributed by atoms with Crippen LogP contribution >= 0.6 is 0 Å². The van der Waals surface area contributed by atoms with Gasteiger partial charge in [0.2, 0.25) is 0 Å². The molecule has 0 bridgehead atoms. The number of amides is 1. The summed E-state index contributed by atoms with van der Waals surface area (Å²) in [5.74, 6) is -3.02. The van der Waals surface area contributed by atoms with Crippen LogP contribution in [0.5, 0.6) is 0 Å². The number of aliphatic hydroxyl groups is 1. The molecule has 0 spiro atoms. The second kappa shape index (κ2) is 4.61. The average molecular weight is 233 g/mol. The van der Waals surface area contributed by atoms with Crippen LogP contribution in [0.2, 0.25) is 0 Å². The lowest BCUT2D eigenvalue weighted by Crippen LogP contribution is -2.39. The van der Waals surface area contributed by atoms with Gasteiger partial charge in [-0.15, -0.1) is 0 Å². The van der Waals surface area contributed by atoms with Crippen LogP contribution < -0.4 is 5.32 Å². The van der Waals surface area contributed by atoms with E-state index in [1.807, 2.05) is 5.32 Å². The Hall–Kier alpha value is -1.43. The van der Waals surface area contributed by atoms with Gasteiger partial charge in [0.15, 0.2) is 0 Å². The number of nitrogens with one attached hydrogen (secondary N) is 1. The Balaban J connectivity index is 2.63. The highest BCUT2D eigenvalue weighted by atomic mass is 19.3. The SMILES string of the molecule is Cc1cc(C(=O)NCC(F)(F)CO)c(C)o1. The second-order valence-electron chi connectivity index (χ2n) is 3.52. The van der Waals surface area contributed by atoms with Crippen molar-refractivity contribution in [1.29, 1.82) is 0 Å². The molecule has 2 N–H and O–H groups in total. The first-order valence-electron chi connectivity index (χ1n) is 4.69. The molecule has 0 fully saturated rings. The van der Waals surface area contributed by atoms with Gasteiger partial charge in [0.05, 0.1) is 12.1 Å². The zero-order valence-corrected chi connectivity index (χ0v) is 9.01. The topological polar surface area (TPSA) is 62.5 Å². The summed E-state index contributed by atoms with van der Waals surface area (Å²) in [6, 6.07) is 1.47. The molecular formula is C10H13F2NO3. The van der Waals surface area contributed by atoms with Crippen molar-refractivity contribution in [2.75, 3.05) is 13.2 Å². The first-order valence-corrected chi connectivity index (χ1v) is 4.69. The largest absolute Gasteiger partial charge is 0.466 e. The van der Waals surface area contributed by atoms with Gasteiger partial charge in [-0.25, -0.2) is 8.78 Å². The van der Waals surface area contributed by atoms with Crippen LogP contribution in [0.3, 0.4) is 0 Å². The molecule has 1 amide bonds. The molecule has 0 atom stereocenters. The van der Waals surface area contributed by atoms with Gasteiger partial charge in [0, 0.05) is 0 Å². The van der Waals surface area contributed by atoms with E-state index in [9.17, 15) is 13.6 Å². The number of aryl methyl sites for hydroxylation is 2. The number of furan rings is 1. The van der Waals surface area contributed by atoms with Gasteiger partial charge >= 0.3 is 0 Å². The van der Waals surface area contributed by atoms with E-state index in [1.165, 1.54) is 6.07 Å². The summed E-state index contributed by atoms with van der Waals surface area (Å²) < 4.78 is 30.4. The van der Waals surface area contributed by atoms with Gasteiger partial charge in [0.25, 0.3) is 11.8 Å². The molecule has 1 rings (SSSR count). The lowest BCUT2D eigenvalue weighted by atomic mass is 10.2. The molecule has 0 saturated carbocycles. The molecule has 90 valence electrons. The third-order valence-corrected chi connectivity index (χ3v) is 2.02. The highest BCUT2D eigenvalue weighted by Crippen LogP contribution is 2.14. The number of hydrogen-bond donors (Lipinski definition) is 2. The van der Waals surface area contributed by atoms with E-state index in [0.717, 1.165) is 0 Å². The van der Waals surface area contributed by atoms with Gasteiger partial charge in [-0.1, -0.05) is 0 Å². The quantitative estimate of drug-likeness (QED) is 0.822. The number of hydrogen-bond acceptors (Lipinski definition) is 3. The fraction of sp³-hybridized carbons (Fsp3) is 0.500. The van der Waals surface area contributed by atoms with E-state index in [1.54, 1.807) is 13.8 Å². The molecular weight excluding hydrogens is 220 g/mol. The van der Waals surface area contributed by atoms with Crippen LogP contribution in [0, 0.1) is 13.8 Å². The Morgan fingerprint density at radius 1 is 1.56 bits per heavy atom. The third-order valence-electron chi connectivity index (χ3n) is 2.02. The first-order chi connectivity index (χ1) is 7.35. The first kappa shape index (κ1) is 12.6. The van der Waals surface area contributed by atoms with Crippen molar-refractivity contribution in [3.8, 4) is 0 Å². The van der Waals surface area contributed by atoms with Crippen LogP contribution in [-0.4, -0.2) is 30.1 Å². The van der Waals surface area contributed by atoms with Gasteiger partial charge in [0.1, 0.15) is 18.1 Å². The van der Waals surface area contributed by atoms with Crippen molar-refractivity contribution >= 4 is 5.91 Å². The van der Waals surface area contributed by atoms with Crippen molar-refractivity contribution in [3.05, 3.63) is 23.2 Å². The van der Waals surface area contributed by atoms with Gasteiger partial charge in [-0.2, -0.15) is 0 Å². The zero-order chi connectivity index (χ0) is 12.3. The number of carbonyl (C=O) groups excluding carboxylic acids is 1. The number of aliphatic hydroxyl groups excluding tert-OH is 1. The van der Waals surface area contributed by atoms with E-state index in [0.29, 0.717) is 11.5 Å². The Morgan fingerprint density at radius 3 is 2.62 bits per heavy atom. The average Bonchev–Trinajstić information content (AvgIpc) is 2.54. The highest BCUT2D eigenvalue weighted by molar-refractivity contribution is 5.95. The fourth-order valence-electron chi connectivity index (χ4n) is 1.22. The minimum absolute atomic E-state index is 0.228. The van der Waals surface area contributed by atoms with E-state index < -0.39 is 25.0 Å². The maximum absolute atomic E-state index is 12.6. The summed E-state index contributed by atoms with van der Waals surface area (Å²) in [6.07, 6.45) is 0. The summed E-state index contributed by atoms with van der Waals surface area (Å²) in [5, 5.41) is 10.4. The summed E-state index contributed by atoms with van der Waals surface area (Å²) in [7, 11) is 0. The third kappa shape index (κ3) is 3.03. The van der Waals surface area contributed by atoms with Gasteiger partial charge in [-0.3, -0.25) is 4.79 Å². The molecule has 16 heavy (non-hydrogen) atoms. The summed E-state index contributed by atoms with van der Waals surface area (Å²) in [4.78, 5) is 11.5. The van der Waals surface area contributed by atoms with E-state index in [2.05, 4.69) is 0 Å². The molecule has 0 unspecified atom stereocenters. The van der Waals surface area contributed by atoms with Crippen LogP contribution in [0.1, 0.15) is 21.9 Å². The van der Waals surface area contributed by atoms with Crippen molar-refractivity contribution in [2.24, 2.45) is 0 Å². The maximum atomic E-state index is 12.6. The number of alkyl halides is 2. The van der Waals surface area contributed by atoms with Crippen LogP contribution in [-0.2, 0) is 0 Å². The molecule has 1 aromatic rings. The normalized spacial score (nSPS) is 11.6. The minimum Gasteiger partial charge on any atom is -0.466 e. The fourth-order valence-corrected chi connectivity index (χ4v) is 1.22. The van der Waals surface area contributed by atoms with E-state index in [-0.39, 0.29) is 5.56 Å². The van der Waals surface area contributed by atoms with Crippen molar-refractivity contribution < 1.29 is 23.1 Å². The van der Waals surface area contributed by atoms with Gasteiger partial charge in [-0.05, 0) is 19.9 Å². The van der Waals surface area contributed by atoms with Gasteiger partial charge < -0.3 is 14.8 Å². The van der Waals surface area contributed by atoms with E-state index in [4.69, 9.17) is 9.52 Å². The molecule has 0 aliphatic carbocycles. The molecule has 0 saturated heterocycles. The Bertz CT molecular complexity index is 387. The Morgan fingerprint density at radius 2 is 2.19 bits per heavy atom. The van der Waals surface area contributed by atoms with Crippen molar-refractivity contribution in [3.63, 3.8) is 0 Å². The smallest absolute Gasteiger partial charge is 0.287 e. The molecule has 6 heteroatoms. The Kier molecular flexibility index (Phi) is 3.64. The van der Waals surface area contributed by atoms with Crippen LogP contribution in [0.25, 0.3) is 0 Å². The van der Waals surface area contributed by atoms with E-state index >= 15 is 0 Å². The van der Waals surface area contributed by atoms with Crippen LogP contribution in [0.15, 0.2) is 10.5 Å². The summed E-state index contributed by atoms with van der Waals surface area (Å²) >= 11 is 0. The monoisotopic (exact) mass is 233 g/mol. The molecule has 0 aliphatic heterocycles. The summed E-state index contributed by atoms with van der Waals surface area (Å²) in [5.41, 5.74) is 0.228. The molecule has 1 heterocycles. The predicted octanol–water partition coefficient (Wildman–Crippen LogP) is 1.25. The zero-order valence-electron chi connectivity index (χ0n) is 9.01. The van der Waals surface area contributed by atoms with Crippen molar-refractivity contribution in [2.45, 2.75) is 19.8 Å². The number of carbonyl (C=O) groups is 1. The molecule has 0 aliphatic rings. The standard InChI is InChI=1S/C10H13F2NO3/c1-6-3-8(7(2)16-6)9(15)13-4-10(11,12)5-14/h3,14H,4-5H2,1-2H3,(H,13,15).